The third-order valence-corrected chi connectivity index (χ3v) is 7.92. The maximum Gasteiger partial charge on any atom is 0.364 e. The van der Waals surface area contributed by atoms with Gasteiger partial charge >= 0.3 is 17.9 Å². The molecule has 3 saturated heterocycles. The average molecular weight is 679 g/mol. The van der Waals surface area contributed by atoms with Crippen LogP contribution in [0.2, 0.25) is 0 Å². The third kappa shape index (κ3) is 7.41. The molecule has 0 bridgehead atoms. The predicted molar refractivity (Wildman–Crippen MR) is 135 cm³/mol. The molecule has 3 heterocycles. The maximum absolute atomic E-state index is 12.5. The molecule has 0 radical (unpaired) electrons. The van der Waals surface area contributed by atoms with Gasteiger partial charge in [-0.1, -0.05) is 0 Å². The van der Waals surface area contributed by atoms with E-state index in [9.17, 15) is 85.9 Å². The molecular weight excluding hydrogens is 640 g/mol. The van der Waals surface area contributed by atoms with E-state index in [1.54, 1.807) is 0 Å². The molecule has 0 aromatic heterocycles. The van der Waals surface area contributed by atoms with Gasteiger partial charge in [0.2, 0.25) is 0 Å². The molecule has 266 valence electrons. The van der Waals surface area contributed by atoms with E-state index in [-0.39, 0.29) is 0 Å². The summed E-state index contributed by atoms with van der Waals surface area (Å²) in [7, 11) is 0. The number of rotatable bonds is 13. The molecule has 0 aromatic carbocycles. The van der Waals surface area contributed by atoms with Crippen molar-refractivity contribution < 1.29 is 110 Å². The molecule has 15 atom stereocenters. The van der Waals surface area contributed by atoms with Gasteiger partial charge in [-0.2, -0.15) is 0 Å². The zero-order chi connectivity index (χ0) is 34.9. The highest BCUT2D eigenvalue weighted by molar-refractivity contribution is 5.77. The normalized spacial score (nSPS) is 43.8. The molecule has 3 aliphatic heterocycles. The van der Waals surface area contributed by atoms with Gasteiger partial charge in [-0.3, -0.25) is 0 Å². The number of carboxylic acids is 3. The Kier molecular flexibility index (Phi) is 12.0. The highest BCUT2D eigenvalue weighted by Gasteiger charge is 2.61. The SMILES string of the molecule is O=C(O)C1(O)C[C@@H](O[C@]2(C(=O)O)C[C@@H](O)[C@@H](O)[C@@H]([C@H](O)CO[C@]3(C(=O)O)C[C@@H](O)[C@@H](O)[C@@H]([C@H](O)CO)O3)O2)[C@@H](O)[C@@H]([C@H](O)CO)O1. The van der Waals surface area contributed by atoms with Crippen LogP contribution in [0.25, 0.3) is 0 Å². The van der Waals surface area contributed by atoms with Crippen molar-refractivity contribution in [3.05, 3.63) is 0 Å². The summed E-state index contributed by atoms with van der Waals surface area (Å²) in [5.41, 5.74) is 0. The van der Waals surface area contributed by atoms with Crippen molar-refractivity contribution in [2.75, 3.05) is 19.8 Å². The summed E-state index contributed by atoms with van der Waals surface area (Å²) < 4.78 is 25.9. The Morgan fingerprint density at radius 1 is 0.652 bits per heavy atom. The molecule has 0 saturated carbocycles. The summed E-state index contributed by atoms with van der Waals surface area (Å²) in [5, 5.41) is 141. The third-order valence-electron chi connectivity index (χ3n) is 7.92. The second-order valence-electron chi connectivity index (χ2n) is 11.2. The molecule has 1 unspecified atom stereocenters. The van der Waals surface area contributed by atoms with Crippen molar-refractivity contribution >= 4 is 17.9 Å². The average Bonchev–Trinajstić information content (AvgIpc) is 2.99. The Morgan fingerprint density at radius 3 is 1.54 bits per heavy atom. The van der Waals surface area contributed by atoms with Crippen molar-refractivity contribution in [2.24, 2.45) is 0 Å². The Hall–Kier alpha value is -2.23. The van der Waals surface area contributed by atoms with Crippen molar-refractivity contribution in [3.63, 3.8) is 0 Å². The molecular formula is C24H38O22. The number of aliphatic hydroxyl groups is 11. The van der Waals surface area contributed by atoms with Gasteiger partial charge < -0.3 is 95.2 Å². The number of carboxylic acid groups (broad SMARTS) is 3. The van der Waals surface area contributed by atoms with E-state index < -0.39 is 148 Å². The van der Waals surface area contributed by atoms with Crippen LogP contribution >= 0.6 is 0 Å². The molecule has 0 amide bonds. The number of hydrogen-bond donors (Lipinski definition) is 14. The molecule has 14 N–H and O–H groups in total. The summed E-state index contributed by atoms with van der Waals surface area (Å²) in [6.07, 6.45) is -28.1. The van der Waals surface area contributed by atoms with E-state index in [0.717, 1.165) is 0 Å². The minimum absolute atomic E-state index is 1.00. The summed E-state index contributed by atoms with van der Waals surface area (Å²) in [6.45, 7) is -3.40. The van der Waals surface area contributed by atoms with Gasteiger partial charge in [0.15, 0.2) is 0 Å². The van der Waals surface area contributed by atoms with Crippen LogP contribution in [0.3, 0.4) is 0 Å². The fourth-order valence-electron chi connectivity index (χ4n) is 5.34. The molecule has 3 fully saturated rings. The number of ether oxygens (including phenoxy) is 5. The first-order chi connectivity index (χ1) is 21.3. The summed E-state index contributed by atoms with van der Waals surface area (Å²) in [6, 6.07) is 0. The van der Waals surface area contributed by atoms with Crippen LogP contribution in [0.1, 0.15) is 19.3 Å². The Balaban J connectivity index is 1.88. The largest absolute Gasteiger partial charge is 0.477 e. The van der Waals surface area contributed by atoms with E-state index in [4.69, 9.17) is 23.7 Å². The first kappa shape index (κ1) is 38.2. The zero-order valence-corrected chi connectivity index (χ0v) is 23.7. The van der Waals surface area contributed by atoms with E-state index in [1.165, 1.54) is 0 Å². The van der Waals surface area contributed by atoms with Crippen molar-refractivity contribution in [2.45, 2.75) is 110 Å². The van der Waals surface area contributed by atoms with Gasteiger partial charge in [-0.15, -0.1) is 0 Å². The minimum atomic E-state index is -3.21. The second-order valence-corrected chi connectivity index (χ2v) is 11.2. The number of aliphatic hydroxyl groups excluding tert-OH is 10. The zero-order valence-electron chi connectivity index (χ0n) is 23.7. The minimum Gasteiger partial charge on any atom is -0.477 e. The maximum atomic E-state index is 12.5. The topological polar surface area (TPSA) is 381 Å². The van der Waals surface area contributed by atoms with E-state index in [0.29, 0.717) is 0 Å². The second kappa shape index (κ2) is 14.5. The molecule has 3 aliphatic rings. The van der Waals surface area contributed by atoms with Gasteiger partial charge in [0.05, 0.1) is 38.1 Å². The van der Waals surface area contributed by atoms with Crippen LogP contribution in [-0.2, 0) is 38.1 Å². The standard InChI is InChI=1S/C24H38O22/c25-4-9(29)16-13(32)7(27)1-23(45-16,20(37)38)42-6-11(31)18-14(33)8(28)2-24(46-18,21(39)40)43-12-3-22(41,19(35)36)44-17(15(12)34)10(30)5-26/h7-18,25-34,41H,1-6H2,(H,35,36)(H,37,38)(H,39,40)/t7-,8-,9-,10-,11-,12-,13-,14-,15-,16-,17-,18-,22?,23-,24-/m1/s1. The van der Waals surface area contributed by atoms with Gasteiger partial charge in [0.25, 0.3) is 17.4 Å². The first-order valence-corrected chi connectivity index (χ1v) is 13.7. The molecule has 46 heavy (non-hydrogen) atoms. The van der Waals surface area contributed by atoms with Gasteiger partial charge in [0, 0.05) is 19.3 Å². The number of hydrogen-bond acceptors (Lipinski definition) is 19. The van der Waals surface area contributed by atoms with E-state index in [2.05, 4.69) is 0 Å². The van der Waals surface area contributed by atoms with Crippen LogP contribution in [0.4, 0.5) is 0 Å². The lowest BCUT2D eigenvalue weighted by Gasteiger charge is -2.49. The van der Waals surface area contributed by atoms with Crippen molar-refractivity contribution in [3.8, 4) is 0 Å². The summed E-state index contributed by atoms with van der Waals surface area (Å²) in [5.74, 6) is -15.4. The van der Waals surface area contributed by atoms with Crippen molar-refractivity contribution in [1.29, 1.82) is 0 Å². The van der Waals surface area contributed by atoms with E-state index in [1.807, 2.05) is 0 Å². The van der Waals surface area contributed by atoms with E-state index >= 15 is 0 Å². The van der Waals surface area contributed by atoms with Crippen LogP contribution in [-0.4, -0.2) is 200 Å². The highest BCUT2D eigenvalue weighted by atomic mass is 16.8. The molecule has 0 aliphatic carbocycles. The summed E-state index contributed by atoms with van der Waals surface area (Å²) >= 11 is 0. The van der Waals surface area contributed by atoms with Crippen LogP contribution < -0.4 is 0 Å². The lowest BCUT2D eigenvalue weighted by Crippen LogP contribution is -2.67. The van der Waals surface area contributed by atoms with Crippen molar-refractivity contribution in [1.82, 2.24) is 0 Å². The molecule has 3 rings (SSSR count). The summed E-state index contributed by atoms with van der Waals surface area (Å²) in [4.78, 5) is 36.3. The monoisotopic (exact) mass is 678 g/mol. The Morgan fingerprint density at radius 2 is 1.09 bits per heavy atom. The Labute approximate surface area is 257 Å². The fourth-order valence-corrected chi connectivity index (χ4v) is 5.34. The lowest BCUT2D eigenvalue weighted by atomic mass is 9.90. The lowest BCUT2D eigenvalue weighted by molar-refractivity contribution is -0.372. The van der Waals surface area contributed by atoms with Crippen LogP contribution in [0.5, 0.6) is 0 Å². The van der Waals surface area contributed by atoms with Crippen LogP contribution in [0.15, 0.2) is 0 Å². The Bertz CT molecular complexity index is 1090. The molecule has 0 spiro atoms. The molecule has 0 aromatic rings. The van der Waals surface area contributed by atoms with Gasteiger partial charge in [-0.05, 0) is 0 Å². The van der Waals surface area contributed by atoms with Crippen LogP contribution in [0, 0.1) is 0 Å². The number of carbonyl (C=O) groups is 3. The van der Waals surface area contributed by atoms with Gasteiger partial charge in [-0.25, -0.2) is 14.4 Å². The molecule has 22 heteroatoms. The number of aliphatic carboxylic acids is 3. The fraction of sp³-hybridized carbons (Fsp3) is 0.875. The predicted octanol–water partition coefficient (Wildman–Crippen LogP) is -8.04. The van der Waals surface area contributed by atoms with Gasteiger partial charge in [0.1, 0.15) is 54.9 Å². The first-order valence-electron chi connectivity index (χ1n) is 13.7. The quantitative estimate of drug-likeness (QED) is 0.0859. The smallest absolute Gasteiger partial charge is 0.364 e. The molecule has 22 nitrogen and oxygen atoms in total. The highest BCUT2D eigenvalue weighted by Crippen LogP contribution is 2.39.